The number of thioether (sulfide) groups is 1. The summed E-state index contributed by atoms with van der Waals surface area (Å²) >= 11 is 7.75. The number of para-hydroxylation sites is 3. The predicted molar refractivity (Wildman–Crippen MR) is 107 cm³/mol. The number of amides is 1. The summed E-state index contributed by atoms with van der Waals surface area (Å²) < 4.78 is 6.05. The minimum atomic E-state index is -0.123. The molecule has 0 aromatic heterocycles. The Bertz CT molecular complexity index is 932. The van der Waals surface area contributed by atoms with Crippen LogP contribution in [0, 0.1) is 0 Å². The molecular weight excluding hydrogens is 366 g/mol. The van der Waals surface area contributed by atoms with Gasteiger partial charge in [0.25, 0.3) is 0 Å². The monoisotopic (exact) mass is 381 g/mol. The molecular formula is C21H16ClNO2S. The van der Waals surface area contributed by atoms with E-state index in [-0.39, 0.29) is 11.3 Å². The third kappa shape index (κ3) is 3.43. The summed E-state index contributed by atoms with van der Waals surface area (Å²) in [4.78, 5) is 14.5. The van der Waals surface area contributed by atoms with Gasteiger partial charge in [-0.15, -0.1) is 11.8 Å². The van der Waals surface area contributed by atoms with Crippen molar-refractivity contribution in [1.29, 1.82) is 0 Å². The molecule has 5 heteroatoms. The van der Waals surface area contributed by atoms with Crippen molar-refractivity contribution in [1.82, 2.24) is 0 Å². The van der Waals surface area contributed by atoms with E-state index >= 15 is 0 Å². The summed E-state index contributed by atoms with van der Waals surface area (Å²) in [6, 6.07) is 24.8. The summed E-state index contributed by atoms with van der Waals surface area (Å²) in [6.07, 6.45) is 0. The van der Waals surface area contributed by atoms with E-state index in [1.807, 2.05) is 78.9 Å². The number of hydrogen-bond donors (Lipinski definition) is 0. The molecule has 3 aromatic rings. The molecule has 1 saturated heterocycles. The number of rotatable bonds is 4. The number of carbonyl (C=O) groups is 1. The topological polar surface area (TPSA) is 29.5 Å². The van der Waals surface area contributed by atoms with Gasteiger partial charge < -0.3 is 4.74 Å². The average Bonchev–Trinajstić information content (AvgIpc) is 3.04. The molecule has 0 saturated carbocycles. The number of anilines is 1. The van der Waals surface area contributed by atoms with Crippen molar-refractivity contribution in [2.45, 2.75) is 5.37 Å². The molecule has 3 aromatic carbocycles. The van der Waals surface area contributed by atoms with Gasteiger partial charge in [0.2, 0.25) is 5.91 Å². The Morgan fingerprint density at radius 1 is 0.962 bits per heavy atom. The molecule has 1 fully saturated rings. The Morgan fingerprint density at radius 2 is 1.73 bits per heavy atom. The maximum absolute atomic E-state index is 12.7. The van der Waals surface area contributed by atoms with Crippen molar-refractivity contribution in [2.24, 2.45) is 0 Å². The lowest BCUT2D eigenvalue weighted by Crippen LogP contribution is -2.28. The first kappa shape index (κ1) is 17.0. The van der Waals surface area contributed by atoms with Gasteiger partial charge >= 0.3 is 0 Å². The summed E-state index contributed by atoms with van der Waals surface area (Å²) in [6.45, 7) is 0. The van der Waals surface area contributed by atoms with Crippen molar-refractivity contribution in [3.63, 3.8) is 0 Å². The van der Waals surface area contributed by atoms with Crippen LogP contribution in [0.15, 0.2) is 78.9 Å². The van der Waals surface area contributed by atoms with E-state index in [9.17, 15) is 4.79 Å². The third-order valence-corrected chi connectivity index (χ3v) is 5.54. The molecule has 3 nitrogen and oxygen atoms in total. The van der Waals surface area contributed by atoms with Crippen LogP contribution in [0.3, 0.4) is 0 Å². The zero-order valence-corrected chi connectivity index (χ0v) is 15.4. The zero-order valence-electron chi connectivity index (χ0n) is 13.8. The van der Waals surface area contributed by atoms with E-state index in [1.165, 1.54) is 0 Å². The van der Waals surface area contributed by atoms with Gasteiger partial charge in [0.05, 0.1) is 11.4 Å². The van der Waals surface area contributed by atoms with Gasteiger partial charge in [-0.2, -0.15) is 0 Å². The number of ether oxygens (including phenoxy) is 1. The van der Waals surface area contributed by atoms with Gasteiger partial charge in [0.15, 0.2) is 5.75 Å². The van der Waals surface area contributed by atoms with E-state index < -0.39 is 0 Å². The van der Waals surface area contributed by atoms with Gasteiger partial charge in [-0.05, 0) is 42.0 Å². The smallest absolute Gasteiger partial charge is 0.238 e. The fraction of sp³-hybridized carbons (Fsp3) is 0.0952. The quantitative estimate of drug-likeness (QED) is 0.562. The Hall–Kier alpha value is -2.43. The van der Waals surface area contributed by atoms with Crippen LogP contribution in [0.2, 0.25) is 5.02 Å². The fourth-order valence-electron chi connectivity index (χ4n) is 2.95. The lowest BCUT2D eigenvalue weighted by Gasteiger charge is -2.26. The minimum absolute atomic E-state index is 0.0593. The SMILES string of the molecule is O=C1CS[C@H](c2cccc(Cl)c2)N1c1ccccc1Oc1ccccc1. The van der Waals surface area contributed by atoms with E-state index in [2.05, 4.69) is 0 Å². The molecule has 130 valence electrons. The van der Waals surface area contributed by atoms with Crippen LogP contribution in [-0.4, -0.2) is 11.7 Å². The van der Waals surface area contributed by atoms with Gasteiger partial charge in [0.1, 0.15) is 11.1 Å². The molecule has 0 spiro atoms. The van der Waals surface area contributed by atoms with Gasteiger partial charge in [-0.25, -0.2) is 0 Å². The Balaban J connectivity index is 1.72. The first-order valence-electron chi connectivity index (χ1n) is 8.23. The van der Waals surface area contributed by atoms with Crippen molar-refractivity contribution >= 4 is 35.0 Å². The molecule has 0 aliphatic carbocycles. The van der Waals surface area contributed by atoms with Crippen LogP contribution in [0.25, 0.3) is 0 Å². The van der Waals surface area contributed by atoms with Crippen LogP contribution in [0.4, 0.5) is 5.69 Å². The van der Waals surface area contributed by atoms with Crippen LogP contribution in [-0.2, 0) is 4.79 Å². The number of carbonyl (C=O) groups excluding carboxylic acids is 1. The maximum Gasteiger partial charge on any atom is 0.238 e. The summed E-state index contributed by atoms with van der Waals surface area (Å²) in [5, 5.41) is 0.540. The molecule has 1 atom stereocenters. The van der Waals surface area contributed by atoms with Crippen molar-refractivity contribution in [2.75, 3.05) is 10.7 Å². The molecule has 0 N–H and O–H groups in total. The number of halogens is 1. The minimum Gasteiger partial charge on any atom is -0.455 e. The molecule has 0 radical (unpaired) electrons. The molecule has 1 heterocycles. The van der Waals surface area contributed by atoms with Crippen LogP contribution < -0.4 is 9.64 Å². The molecule has 1 aliphatic heterocycles. The lowest BCUT2D eigenvalue weighted by atomic mass is 10.2. The van der Waals surface area contributed by atoms with E-state index in [1.54, 1.807) is 16.7 Å². The highest BCUT2D eigenvalue weighted by molar-refractivity contribution is 8.00. The Morgan fingerprint density at radius 3 is 2.54 bits per heavy atom. The number of nitrogens with zero attached hydrogens (tertiary/aromatic N) is 1. The van der Waals surface area contributed by atoms with Crippen LogP contribution in [0.5, 0.6) is 11.5 Å². The molecule has 4 rings (SSSR count). The highest BCUT2D eigenvalue weighted by Gasteiger charge is 2.35. The van der Waals surface area contributed by atoms with Gasteiger partial charge in [-0.1, -0.05) is 54.1 Å². The van der Waals surface area contributed by atoms with Gasteiger partial charge in [0, 0.05) is 5.02 Å². The molecule has 1 amide bonds. The fourth-order valence-corrected chi connectivity index (χ4v) is 4.31. The standard InChI is InChI=1S/C21H16ClNO2S/c22-16-8-6-7-15(13-16)21-23(20(24)14-26-21)18-11-4-5-12-19(18)25-17-9-2-1-3-10-17/h1-13,21H,14H2/t21-/m1/s1. The van der Waals surface area contributed by atoms with Crippen molar-refractivity contribution in [3.8, 4) is 11.5 Å². The van der Waals surface area contributed by atoms with E-state index in [0.29, 0.717) is 16.5 Å². The lowest BCUT2D eigenvalue weighted by molar-refractivity contribution is -0.115. The number of hydrogen-bond acceptors (Lipinski definition) is 3. The first-order valence-corrected chi connectivity index (χ1v) is 9.66. The maximum atomic E-state index is 12.7. The van der Waals surface area contributed by atoms with Crippen molar-refractivity contribution in [3.05, 3.63) is 89.4 Å². The third-order valence-electron chi connectivity index (χ3n) is 4.10. The molecule has 26 heavy (non-hydrogen) atoms. The average molecular weight is 382 g/mol. The van der Waals surface area contributed by atoms with Gasteiger partial charge in [-0.3, -0.25) is 9.69 Å². The van der Waals surface area contributed by atoms with Crippen LogP contribution in [0.1, 0.15) is 10.9 Å². The Kier molecular flexibility index (Phi) is 4.87. The highest BCUT2D eigenvalue weighted by atomic mass is 35.5. The summed E-state index contributed by atoms with van der Waals surface area (Å²) in [5.41, 5.74) is 1.76. The second-order valence-corrected chi connectivity index (χ2v) is 7.37. The number of benzene rings is 3. The summed E-state index contributed by atoms with van der Waals surface area (Å²) in [5.74, 6) is 1.88. The first-order chi connectivity index (χ1) is 12.7. The van der Waals surface area contributed by atoms with Crippen LogP contribution >= 0.6 is 23.4 Å². The highest BCUT2D eigenvalue weighted by Crippen LogP contribution is 2.45. The molecule has 1 aliphatic rings. The normalized spacial score (nSPS) is 16.7. The summed E-state index contributed by atoms with van der Waals surface area (Å²) in [7, 11) is 0. The molecule has 0 unspecified atom stereocenters. The largest absolute Gasteiger partial charge is 0.455 e. The van der Waals surface area contributed by atoms with E-state index in [4.69, 9.17) is 16.3 Å². The Labute approximate surface area is 161 Å². The van der Waals surface area contributed by atoms with Crippen molar-refractivity contribution < 1.29 is 9.53 Å². The predicted octanol–water partition coefficient (Wildman–Crippen LogP) is 5.91. The molecule has 0 bridgehead atoms. The second-order valence-electron chi connectivity index (χ2n) is 5.86. The second kappa shape index (κ2) is 7.44. The zero-order chi connectivity index (χ0) is 17.9. The van der Waals surface area contributed by atoms with E-state index in [0.717, 1.165) is 17.0 Å².